The number of nitrogens with zero attached hydrogens (tertiary/aromatic N) is 1. The molecule has 0 aliphatic carbocycles. The van der Waals surface area contributed by atoms with Crippen LogP contribution >= 0.6 is 0 Å². The summed E-state index contributed by atoms with van der Waals surface area (Å²) in [6, 6.07) is 7.81. The number of sulfonamides is 1. The van der Waals surface area contributed by atoms with Crippen LogP contribution < -0.4 is 5.32 Å². The number of carbonyl (C=O) groups is 1. The Morgan fingerprint density at radius 2 is 1.92 bits per heavy atom. The maximum absolute atomic E-state index is 12.1. The Bertz CT molecular complexity index is 819. The van der Waals surface area contributed by atoms with E-state index in [-0.39, 0.29) is 25.4 Å². The van der Waals surface area contributed by atoms with Crippen LogP contribution in [0.1, 0.15) is 26.3 Å². The minimum Gasteiger partial charge on any atom is -0.361 e. The summed E-state index contributed by atoms with van der Waals surface area (Å²) in [6.07, 6.45) is 3.28. The van der Waals surface area contributed by atoms with E-state index in [9.17, 15) is 13.2 Å². The van der Waals surface area contributed by atoms with E-state index >= 15 is 0 Å². The van der Waals surface area contributed by atoms with Gasteiger partial charge in [0.1, 0.15) is 0 Å². The molecule has 2 N–H and O–H groups in total. The van der Waals surface area contributed by atoms with Gasteiger partial charge in [0.2, 0.25) is 15.9 Å². The molecule has 0 radical (unpaired) electrons. The summed E-state index contributed by atoms with van der Waals surface area (Å²) in [5.74, 6) is -0.123. The van der Waals surface area contributed by atoms with Crippen LogP contribution in [-0.2, 0) is 21.2 Å². The molecule has 2 rings (SSSR count). The van der Waals surface area contributed by atoms with E-state index in [0.717, 1.165) is 16.5 Å². The van der Waals surface area contributed by atoms with E-state index in [2.05, 4.69) is 10.3 Å². The van der Waals surface area contributed by atoms with Crippen molar-refractivity contribution in [1.29, 1.82) is 0 Å². The van der Waals surface area contributed by atoms with Gasteiger partial charge in [0.25, 0.3) is 0 Å². The Labute approximate surface area is 143 Å². The van der Waals surface area contributed by atoms with Crippen LogP contribution in [0, 0.1) is 0 Å². The smallest absolute Gasteiger partial charge is 0.224 e. The van der Waals surface area contributed by atoms with Crippen molar-refractivity contribution in [3.8, 4) is 0 Å². The molecule has 1 aromatic carbocycles. The summed E-state index contributed by atoms with van der Waals surface area (Å²) < 4.78 is 25.1. The van der Waals surface area contributed by atoms with Gasteiger partial charge >= 0.3 is 0 Å². The molecule has 0 saturated carbocycles. The van der Waals surface area contributed by atoms with Crippen molar-refractivity contribution in [2.45, 2.75) is 32.7 Å². The number of benzene rings is 1. The first-order valence-electron chi connectivity index (χ1n) is 7.88. The fourth-order valence-corrected chi connectivity index (χ4v) is 4.23. The largest absolute Gasteiger partial charge is 0.361 e. The molecule has 0 bridgehead atoms. The van der Waals surface area contributed by atoms with Crippen molar-refractivity contribution in [2.24, 2.45) is 0 Å². The van der Waals surface area contributed by atoms with Crippen LogP contribution in [0.2, 0.25) is 0 Å². The molecule has 0 spiro atoms. The van der Waals surface area contributed by atoms with Gasteiger partial charge in [0.15, 0.2) is 0 Å². The molecule has 0 unspecified atom stereocenters. The summed E-state index contributed by atoms with van der Waals surface area (Å²) in [6.45, 7) is 6.04. The number of rotatable bonds is 6. The van der Waals surface area contributed by atoms with Gasteiger partial charge in [0.05, 0.1) is 12.7 Å². The Balaban J connectivity index is 1.94. The fraction of sp³-hybridized carbons (Fsp3) is 0.471. The maximum Gasteiger partial charge on any atom is 0.224 e. The zero-order chi connectivity index (χ0) is 18.0. The first-order valence-corrected chi connectivity index (χ1v) is 9.73. The van der Waals surface area contributed by atoms with Gasteiger partial charge in [-0.15, -0.1) is 0 Å². The second-order valence-electron chi connectivity index (χ2n) is 6.89. The van der Waals surface area contributed by atoms with Crippen molar-refractivity contribution in [3.63, 3.8) is 0 Å². The average Bonchev–Trinajstić information content (AvgIpc) is 2.84. The third-order valence-corrected chi connectivity index (χ3v) is 5.34. The number of fused-ring (bicyclic) bond motifs is 1. The Morgan fingerprint density at radius 1 is 1.25 bits per heavy atom. The highest BCUT2D eigenvalue weighted by atomic mass is 32.2. The van der Waals surface area contributed by atoms with Crippen LogP contribution in [0.15, 0.2) is 30.5 Å². The number of para-hydroxylation sites is 1. The second-order valence-corrected chi connectivity index (χ2v) is 8.80. The molecule has 7 heteroatoms. The molecular formula is C17H25N3O3S. The summed E-state index contributed by atoms with van der Waals surface area (Å²) in [5.41, 5.74) is 1.41. The lowest BCUT2D eigenvalue weighted by Crippen LogP contribution is -2.48. The minimum absolute atomic E-state index is 0.123. The number of carbonyl (C=O) groups excluding carboxylic acids is 1. The predicted molar refractivity (Wildman–Crippen MR) is 96.3 cm³/mol. The topological polar surface area (TPSA) is 82.3 Å². The third-order valence-electron chi connectivity index (χ3n) is 3.81. The summed E-state index contributed by atoms with van der Waals surface area (Å²) in [5, 5.41) is 3.83. The van der Waals surface area contributed by atoms with Crippen molar-refractivity contribution in [3.05, 3.63) is 36.0 Å². The molecule has 0 aliphatic rings. The Morgan fingerprint density at radius 3 is 2.54 bits per heavy atom. The quantitative estimate of drug-likeness (QED) is 0.834. The number of H-pyrrole nitrogens is 1. The highest BCUT2D eigenvalue weighted by Gasteiger charge is 2.28. The van der Waals surface area contributed by atoms with Gasteiger partial charge in [-0.1, -0.05) is 18.2 Å². The number of aromatic nitrogens is 1. The average molecular weight is 351 g/mol. The van der Waals surface area contributed by atoms with Gasteiger partial charge in [-0.05, 0) is 32.4 Å². The molecule has 0 saturated heterocycles. The molecule has 6 nitrogen and oxygen atoms in total. The Hall–Kier alpha value is -1.86. The van der Waals surface area contributed by atoms with Crippen LogP contribution in [-0.4, -0.2) is 48.5 Å². The van der Waals surface area contributed by atoms with Gasteiger partial charge in [0, 0.05) is 35.7 Å². The van der Waals surface area contributed by atoms with Gasteiger partial charge in [-0.3, -0.25) is 4.79 Å². The Kier molecular flexibility index (Phi) is 5.35. The molecule has 2 aromatic rings. The van der Waals surface area contributed by atoms with E-state index in [1.54, 1.807) is 0 Å². The lowest BCUT2D eigenvalue weighted by atomic mass is 10.1. The fourth-order valence-electron chi connectivity index (χ4n) is 2.81. The van der Waals surface area contributed by atoms with Crippen molar-refractivity contribution < 1.29 is 13.2 Å². The maximum atomic E-state index is 12.1. The number of nitrogens with one attached hydrogen (secondary N) is 2. The number of aromatic amines is 1. The molecule has 132 valence electrons. The molecule has 1 heterocycles. The number of hydrogen-bond acceptors (Lipinski definition) is 3. The van der Waals surface area contributed by atoms with E-state index in [0.29, 0.717) is 0 Å². The number of hydrogen-bond donors (Lipinski definition) is 2. The molecule has 0 atom stereocenters. The van der Waals surface area contributed by atoms with Crippen LogP contribution in [0.4, 0.5) is 0 Å². The monoisotopic (exact) mass is 351 g/mol. The lowest BCUT2D eigenvalue weighted by Gasteiger charge is -2.33. The lowest BCUT2D eigenvalue weighted by molar-refractivity contribution is -0.120. The predicted octanol–water partition coefficient (Wildman–Crippen LogP) is 1.89. The standard InChI is InChI=1S/C17H25N3O3S/c1-17(2,3)20(24(4,22)23)10-9-18-16(21)11-13-12-19-15-8-6-5-7-14(13)15/h5-8,12,19H,9-11H2,1-4H3,(H,18,21). The first kappa shape index (κ1) is 18.5. The molecular weight excluding hydrogens is 326 g/mol. The normalized spacial score (nSPS) is 12.7. The number of amides is 1. The van der Waals surface area contributed by atoms with Gasteiger partial charge in [-0.25, -0.2) is 8.42 Å². The van der Waals surface area contributed by atoms with Crippen LogP contribution in [0.3, 0.4) is 0 Å². The van der Waals surface area contributed by atoms with Gasteiger partial charge < -0.3 is 10.3 Å². The van der Waals surface area contributed by atoms with E-state index in [1.807, 2.05) is 51.2 Å². The molecule has 0 aliphatic heterocycles. The van der Waals surface area contributed by atoms with E-state index in [1.165, 1.54) is 10.6 Å². The molecule has 0 fully saturated rings. The third kappa shape index (κ3) is 4.58. The zero-order valence-corrected chi connectivity index (χ0v) is 15.4. The summed E-state index contributed by atoms with van der Waals surface area (Å²) in [4.78, 5) is 15.3. The van der Waals surface area contributed by atoms with Crippen molar-refractivity contribution >= 4 is 26.8 Å². The molecule has 1 aromatic heterocycles. The highest BCUT2D eigenvalue weighted by molar-refractivity contribution is 7.88. The minimum atomic E-state index is -3.32. The zero-order valence-electron chi connectivity index (χ0n) is 14.6. The summed E-state index contributed by atoms with van der Waals surface area (Å²) in [7, 11) is -3.32. The van der Waals surface area contributed by atoms with Crippen molar-refractivity contribution in [2.75, 3.05) is 19.3 Å². The summed E-state index contributed by atoms with van der Waals surface area (Å²) >= 11 is 0. The van der Waals surface area contributed by atoms with Gasteiger partial charge in [-0.2, -0.15) is 4.31 Å². The van der Waals surface area contributed by atoms with Crippen molar-refractivity contribution in [1.82, 2.24) is 14.6 Å². The highest BCUT2D eigenvalue weighted by Crippen LogP contribution is 2.18. The molecule has 1 amide bonds. The second kappa shape index (κ2) is 6.94. The van der Waals surface area contributed by atoms with Crippen LogP contribution in [0.25, 0.3) is 10.9 Å². The van der Waals surface area contributed by atoms with E-state index in [4.69, 9.17) is 0 Å². The van der Waals surface area contributed by atoms with E-state index < -0.39 is 15.6 Å². The van der Waals surface area contributed by atoms with Crippen LogP contribution in [0.5, 0.6) is 0 Å². The molecule has 24 heavy (non-hydrogen) atoms. The SMILES string of the molecule is CC(C)(C)N(CCNC(=O)Cc1c[nH]c2ccccc12)S(C)(=O)=O. The first-order chi connectivity index (χ1) is 11.1.